The highest BCUT2D eigenvalue weighted by atomic mass is 16.5. The van der Waals surface area contributed by atoms with Crippen LogP contribution in [0.5, 0.6) is 5.75 Å². The van der Waals surface area contributed by atoms with E-state index in [9.17, 15) is 14.4 Å². The van der Waals surface area contributed by atoms with E-state index in [0.717, 1.165) is 11.4 Å². The minimum absolute atomic E-state index is 0.0548. The second-order valence-corrected chi connectivity index (χ2v) is 8.60. The quantitative estimate of drug-likeness (QED) is 0.432. The number of carbonyl (C=O) groups is 3. The molecule has 1 aromatic carbocycles. The number of rotatable bonds is 10. The molecular formula is C26H30N6O4. The number of ketones is 1. The van der Waals surface area contributed by atoms with Gasteiger partial charge in [0.25, 0.3) is 0 Å². The van der Waals surface area contributed by atoms with Crippen LogP contribution in [-0.4, -0.2) is 62.4 Å². The second-order valence-electron chi connectivity index (χ2n) is 8.60. The topological polar surface area (TPSA) is 119 Å². The number of methoxy groups -OCH3 is 1. The molecule has 3 aromatic rings. The highest BCUT2D eigenvalue weighted by molar-refractivity contribution is 5.98. The zero-order chi connectivity index (χ0) is 25.3. The lowest BCUT2D eigenvalue weighted by molar-refractivity contribution is -0.131. The maximum atomic E-state index is 12.8. The average molecular weight is 491 g/mol. The SMILES string of the molecule is COc1ccc(C(=O)CCC(=O)N2CCc3nnc(CNC(=O)CCc4cccnc4)n3CC2)cc1. The fraction of sp³-hybridized carbons (Fsp3) is 0.385. The van der Waals surface area contributed by atoms with Crippen LogP contribution in [-0.2, 0) is 35.5 Å². The minimum atomic E-state index is -0.0699. The Morgan fingerprint density at radius 2 is 1.83 bits per heavy atom. The molecule has 0 fully saturated rings. The maximum Gasteiger partial charge on any atom is 0.223 e. The number of amides is 2. The highest BCUT2D eigenvalue weighted by Gasteiger charge is 2.22. The predicted molar refractivity (Wildman–Crippen MR) is 131 cm³/mol. The van der Waals surface area contributed by atoms with Crippen LogP contribution < -0.4 is 10.1 Å². The molecule has 0 radical (unpaired) electrons. The molecule has 0 spiro atoms. The van der Waals surface area contributed by atoms with E-state index in [0.29, 0.717) is 56.0 Å². The van der Waals surface area contributed by atoms with Crippen LogP contribution in [0, 0.1) is 0 Å². The van der Waals surface area contributed by atoms with E-state index < -0.39 is 0 Å². The number of pyridine rings is 1. The van der Waals surface area contributed by atoms with Crippen LogP contribution in [0.1, 0.15) is 46.8 Å². The van der Waals surface area contributed by atoms with Gasteiger partial charge in [0, 0.05) is 63.3 Å². The number of aromatic nitrogens is 4. The summed E-state index contributed by atoms with van der Waals surface area (Å²) >= 11 is 0. The molecule has 1 aliphatic rings. The van der Waals surface area contributed by atoms with E-state index in [1.165, 1.54) is 0 Å². The maximum absolute atomic E-state index is 12.8. The minimum Gasteiger partial charge on any atom is -0.497 e. The van der Waals surface area contributed by atoms with Crippen LogP contribution in [0.3, 0.4) is 0 Å². The third kappa shape index (κ3) is 6.53. The Hall–Kier alpha value is -4.08. The molecule has 10 heteroatoms. The first-order valence-corrected chi connectivity index (χ1v) is 12.0. The summed E-state index contributed by atoms with van der Waals surface area (Å²) in [7, 11) is 1.57. The predicted octanol–water partition coefficient (Wildman–Crippen LogP) is 1.98. The van der Waals surface area contributed by atoms with Crippen molar-refractivity contribution in [2.24, 2.45) is 0 Å². The molecule has 10 nitrogen and oxygen atoms in total. The van der Waals surface area contributed by atoms with Gasteiger partial charge in [-0.1, -0.05) is 6.07 Å². The van der Waals surface area contributed by atoms with Gasteiger partial charge in [-0.05, 0) is 42.3 Å². The van der Waals surface area contributed by atoms with E-state index in [2.05, 4.69) is 20.5 Å². The first-order valence-electron chi connectivity index (χ1n) is 12.0. The molecule has 0 bridgehead atoms. The summed E-state index contributed by atoms with van der Waals surface area (Å²) in [4.78, 5) is 43.4. The monoisotopic (exact) mass is 490 g/mol. The molecule has 2 amide bonds. The molecule has 0 saturated heterocycles. The first kappa shape index (κ1) is 25.0. The van der Waals surface area contributed by atoms with Crippen LogP contribution >= 0.6 is 0 Å². The van der Waals surface area contributed by atoms with Gasteiger partial charge in [0.1, 0.15) is 11.6 Å². The summed E-state index contributed by atoms with van der Waals surface area (Å²) in [6, 6.07) is 10.7. The lowest BCUT2D eigenvalue weighted by atomic mass is 10.1. The number of nitrogens with zero attached hydrogens (tertiary/aromatic N) is 5. The molecule has 0 unspecified atom stereocenters. The molecule has 0 saturated carbocycles. The number of benzene rings is 1. The number of ether oxygens (including phenoxy) is 1. The zero-order valence-corrected chi connectivity index (χ0v) is 20.4. The molecule has 188 valence electrons. The van der Waals surface area contributed by atoms with Crippen molar-refractivity contribution >= 4 is 17.6 Å². The molecule has 1 N–H and O–H groups in total. The Balaban J connectivity index is 1.24. The van der Waals surface area contributed by atoms with Crippen molar-refractivity contribution < 1.29 is 19.1 Å². The van der Waals surface area contributed by atoms with E-state index >= 15 is 0 Å². The summed E-state index contributed by atoms with van der Waals surface area (Å²) in [5.74, 6) is 1.95. The third-order valence-electron chi connectivity index (χ3n) is 6.24. The summed E-state index contributed by atoms with van der Waals surface area (Å²) in [5, 5.41) is 11.4. The number of hydrogen-bond acceptors (Lipinski definition) is 7. The van der Waals surface area contributed by atoms with Crippen LogP contribution in [0.4, 0.5) is 0 Å². The normalized spacial score (nSPS) is 13.0. The Morgan fingerprint density at radius 1 is 1.00 bits per heavy atom. The van der Waals surface area contributed by atoms with E-state index in [1.807, 2.05) is 16.7 Å². The van der Waals surface area contributed by atoms with Gasteiger partial charge in [-0.2, -0.15) is 0 Å². The summed E-state index contributed by atoms with van der Waals surface area (Å²) in [6.45, 7) is 1.85. The van der Waals surface area contributed by atoms with E-state index in [-0.39, 0.29) is 37.0 Å². The van der Waals surface area contributed by atoms with E-state index in [1.54, 1.807) is 48.7 Å². The van der Waals surface area contributed by atoms with Gasteiger partial charge in [0.2, 0.25) is 11.8 Å². The van der Waals surface area contributed by atoms with Crippen molar-refractivity contribution in [2.45, 2.75) is 45.2 Å². The van der Waals surface area contributed by atoms with Gasteiger partial charge in [-0.15, -0.1) is 10.2 Å². The van der Waals surface area contributed by atoms with Crippen LogP contribution in [0.2, 0.25) is 0 Å². The first-order chi connectivity index (χ1) is 17.5. The number of fused-ring (bicyclic) bond motifs is 1. The van der Waals surface area contributed by atoms with Gasteiger partial charge >= 0.3 is 0 Å². The number of carbonyl (C=O) groups excluding carboxylic acids is 3. The Labute approximate surface area is 209 Å². The van der Waals surface area contributed by atoms with Gasteiger partial charge in [-0.25, -0.2) is 0 Å². The van der Waals surface area contributed by atoms with Gasteiger partial charge < -0.3 is 19.5 Å². The summed E-state index contributed by atoms with van der Waals surface area (Å²) in [6.07, 6.45) is 5.33. The number of hydrogen-bond donors (Lipinski definition) is 1. The van der Waals surface area contributed by atoms with Crippen molar-refractivity contribution in [3.8, 4) is 5.75 Å². The van der Waals surface area contributed by atoms with Crippen molar-refractivity contribution in [3.63, 3.8) is 0 Å². The van der Waals surface area contributed by atoms with Crippen molar-refractivity contribution in [1.82, 2.24) is 30.0 Å². The zero-order valence-electron chi connectivity index (χ0n) is 20.4. The smallest absolute Gasteiger partial charge is 0.223 e. The molecule has 0 atom stereocenters. The largest absolute Gasteiger partial charge is 0.497 e. The average Bonchev–Trinajstić information content (AvgIpc) is 3.18. The summed E-state index contributed by atoms with van der Waals surface area (Å²) < 4.78 is 7.08. The molecule has 2 aromatic heterocycles. The van der Waals surface area contributed by atoms with Gasteiger partial charge in [-0.3, -0.25) is 19.4 Å². The fourth-order valence-corrected chi connectivity index (χ4v) is 4.13. The van der Waals surface area contributed by atoms with E-state index in [4.69, 9.17) is 4.74 Å². The summed E-state index contributed by atoms with van der Waals surface area (Å²) in [5.41, 5.74) is 1.58. The van der Waals surface area contributed by atoms with Gasteiger partial charge in [0.15, 0.2) is 11.6 Å². The number of nitrogens with one attached hydrogen (secondary N) is 1. The standard InChI is InChI=1S/C26H30N6O4/c1-36-21-7-5-20(6-8-21)22(33)9-11-26(35)31-14-12-23-29-30-24(32(23)16-15-31)18-28-25(34)10-4-19-3-2-13-27-17-19/h2-3,5-8,13,17H,4,9-12,14-16,18H2,1H3,(H,28,34). The second kappa shape index (κ2) is 12.1. The van der Waals surface area contributed by atoms with Crippen molar-refractivity contribution in [2.75, 3.05) is 20.2 Å². The number of Topliss-reactive ketones (excluding diaryl/α,β-unsaturated/α-hetero) is 1. The molecular weight excluding hydrogens is 460 g/mol. The molecule has 3 heterocycles. The lowest BCUT2D eigenvalue weighted by Gasteiger charge is -2.20. The van der Waals surface area contributed by atoms with Crippen LogP contribution in [0.15, 0.2) is 48.8 Å². The Morgan fingerprint density at radius 3 is 2.58 bits per heavy atom. The Bertz CT molecular complexity index is 1190. The van der Waals surface area contributed by atoms with Crippen molar-refractivity contribution in [1.29, 1.82) is 0 Å². The number of aryl methyl sites for hydroxylation is 1. The molecule has 0 aliphatic carbocycles. The van der Waals surface area contributed by atoms with Gasteiger partial charge in [0.05, 0.1) is 13.7 Å². The van der Waals surface area contributed by atoms with Crippen LogP contribution in [0.25, 0.3) is 0 Å². The van der Waals surface area contributed by atoms with Crippen molar-refractivity contribution in [3.05, 3.63) is 71.6 Å². The third-order valence-corrected chi connectivity index (χ3v) is 6.24. The molecule has 4 rings (SSSR count). The molecule has 1 aliphatic heterocycles. The molecule has 36 heavy (non-hydrogen) atoms. The Kier molecular flexibility index (Phi) is 8.38. The fourth-order valence-electron chi connectivity index (χ4n) is 4.13. The lowest BCUT2D eigenvalue weighted by Crippen LogP contribution is -2.34. The highest BCUT2D eigenvalue weighted by Crippen LogP contribution is 2.15.